The number of amides is 1. The predicted octanol–water partition coefficient (Wildman–Crippen LogP) is 4.04. The van der Waals surface area contributed by atoms with Crippen LogP contribution in [0.3, 0.4) is 0 Å². The molecule has 0 fully saturated rings. The van der Waals surface area contributed by atoms with Crippen molar-refractivity contribution in [2.24, 2.45) is 0 Å². The van der Waals surface area contributed by atoms with Crippen molar-refractivity contribution in [1.29, 1.82) is 0 Å². The number of aromatic nitrogens is 3. The van der Waals surface area contributed by atoms with Gasteiger partial charge in [0.25, 0.3) is 5.56 Å². The molecule has 29 heavy (non-hydrogen) atoms. The first-order chi connectivity index (χ1) is 13.9. The van der Waals surface area contributed by atoms with E-state index in [0.29, 0.717) is 21.2 Å². The zero-order chi connectivity index (χ0) is 20.5. The fraction of sp³-hybridized carbons (Fsp3) is 0.0952. The number of halogens is 2. The third-order valence-electron chi connectivity index (χ3n) is 4.47. The van der Waals surface area contributed by atoms with Crippen LogP contribution >= 0.6 is 15.9 Å². The Bertz CT molecular complexity index is 1280. The SMILES string of the molecule is Cc1ccc(-n2c(=O)c3cccnc3n2CC(=O)Nc2ccc(Br)cc2F)cc1. The van der Waals surface area contributed by atoms with Crippen LogP contribution in [0.4, 0.5) is 10.1 Å². The Balaban J connectivity index is 1.76. The average Bonchev–Trinajstić information content (AvgIpc) is 2.97. The summed E-state index contributed by atoms with van der Waals surface area (Å²) in [4.78, 5) is 29.9. The number of carbonyl (C=O) groups is 1. The van der Waals surface area contributed by atoms with E-state index in [-0.39, 0.29) is 17.8 Å². The summed E-state index contributed by atoms with van der Waals surface area (Å²) in [6.07, 6.45) is 1.56. The maximum Gasteiger partial charge on any atom is 0.280 e. The van der Waals surface area contributed by atoms with Crippen LogP contribution in [0.5, 0.6) is 0 Å². The van der Waals surface area contributed by atoms with Crippen molar-refractivity contribution in [3.8, 4) is 5.69 Å². The molecule has 8 heteroatoms. The maximum absolute atomic E-state index is 14.1. The largest absolute Gasteiger partial charge is 0.322 e. The highest BCUT2D eigenvalue weighted by Crippen LogP contribution is 2.20. The smallest absolute Gasteiger partial charge is 0.280 e. The molecular weight excluding hydrogens is 439 g/mol. The number of anilines is 1. The Hall–Kier alpha value is -3.26. The second-order valence-corrected chi connectivity index (χ2v) is 7.47. The molecule has 1 N–H and O–H groups in total. The van der Waals surface area contributed by atoms with Crippen LogP contribution in [0.15, 0.2) is 70.1 Å². The van der Waals surface area contributed by atoms with E-state index in [1.165, 1.54) is 21.5 Å². The molecule has 0 bridgehead atoms. The summed E-state index contributed by atoms with van der Waals surface area (Å²) < 4.78 is 17.5. The quantitative estimate of drug-likeness (QED) is 0.505. The normalized spacial score (nSPS) is 11.0. The molecule has 2 aromatic carbocycles. The van der Waals surface area contributed by atoms with E-state index in [9.17, 15) is 14.0 Å². The Kier molecular flexibility index (Phi) is 5.02. The summed E-state index contributed by atoms with van der Waals surface area (Å²) in [6.45, 7) is 1.74. The number of fused-ring (bicyclic) bond motifs is 1. The third kappa shape index (κ3) is 3.71. The van der Waals surface area contributed by atoms with Crippen molar-refractivity contribution in [3.05, 3.63) is 87.0 Å². The number of carbonyl (C=O) groups excluding carboxylic acids is 1. The van der Waals surface area contributed by atoms with Gasteiger partial charge in [0.2, 0.25) is 5.91 Å². The Morgan fingerprint density at radius 3 is 2.66 bits per heavy atom. The Morgan fingerprint density at radius 1 is 1.17 bits per heavy atom. The summed E-state index contributed by atoms with van der Waals surface area (Å²) in [7, 11) is 0. The van der Waals surface area contributed by atoms with Crippen molar-refractivity contribution in [2.45, 2.75) is 13.5 Å². The van der Waals surface area contributed by atoms with E-state index in [0.717, 1.165) is 5.56 Å². The second-order valence-electron chi connectivity index (χ2n) is 6.56. The van der Waals surface area contributed by atoms with Gasteiger partial charge in [0.15, 0.2) is 5.65 Å². The van der Waals surface area contributed by atoms with Crippen LogP contribution in [0.2, 0.25) is 0 Å². The van der Waals surface area contributed by atoms with Crippen molar-refractivity contribution in [2.75, 3.05) is 5.32 Å². The fourth-order valence-electron chi connectivity index (χ4n) is 3.09. The van der Waals surface area contributed by atoms with E-state index in [1.54, 1.807) is 36.5 Å². The predicted molar refractivity (Wildman–Crippen MR) is 113 cm³/mol. The van der Waals surface area contributed by atoms with E-state index in [2.05, 4.69) is 26.2 Å². The molecule has 0 saturated heterocycles. The van der Waals surface area contributed by atoms with Gasteiger partial charge in [-0.1, -0.05) is 33.6 Å². The van der Waals surface area contributed by atoms with Crippen LogP contribution in [-0.2, 0) is 11.3 Å². The number of pyridine rings is 1. The minimum absolute atomic E-state index is 0.0619. The minimum atomic E-state index is -0.556. The first kappa shape index (κ1) is 19.1. The van der Waals surface area contributed by atoms with Gasteiger partial charge in [-0.3, -0.25) is 14.3 Å². The molecule has 0 atom stereocenters. The van der Waals surface area contributed by atoms with Crippen LogP contribution in [0.25, 0.3) is 16.7 Å². The molecule has 2 heterocycles. The highest BCUT2D eigenvalue weighted by Gasteiger charge is 2.18. The molecule has 4 rings (SSSR count). The summed E-state index contributed by atoms with van der Waals surface area (Å²) in [6, 6.07) is 15.1. The number of hydrogen-bond acceptors (Lipinski definition) is 3. The van der Waals surface area contributed by atoms with Gasteiger partial charge in [0.1, 0.15) is 12.4 Å². The van der Waals surface area contributed by atoms with Gasteiger partial charge in [0, 0.05) is 10.7 Å². The molecule has 0 radical (unpaired) electrons. The standard InChI is InChI=1S/C21H16BrFN4O2/c1-13-4-7-15(8-5-13)27-21(29)16-3-2-10-24-20(16)26(27)12-19(28)25-18-9-6-14(22)11-17(18)23/h2-11H,12H2,1H3,(H,25,28). The summed E-state index contributed by atoms with van der Waals surface area (Å²) in [5.41, 5.74) is 1.82. The molecule has 0 saturated carbocycles. The number of rotatable bonds is 4. The summed E-state index contributed by atoms with van der Waals surface area (Å²) in [5, 5.41) is 2.95. The summed E-state index contributed by atoms with van der Waals surface area (Å²) in [5.74, 6) is -1.03. The molecule has 0 aliphatic carbocycles. The molecule has 4 aromatic rings. The Labute approximate surface area is 173 Å². The number of hydrogen-bond donors (Lipinski definition) is 1. The van der Waals surface area contributed by atoms with Crippen LogP contribution in [0, 0.1) is 12.7 Å². The fourth-order valence-corrected chi connectivity index (χ4v) is 3.43. The van der Waals surface area contributed by atoms with Crippen molar-refractivity contribution in [1.82, 2.24) is 14.3 Å². The van der Waals surface area contributed by atoms with E-state index < -0.39 is 11.7 Å². The number of benzene rings is 2. The molecule has 146 valence electrons. The van der Waals surface area contributed by atoms with Gasteiger partial charge < -0.3 is 5.32 Å². The average molecular weight is 455 g/mol. The number of aryl methyl sites for hydroxylation is 1. The first-order valence-electron chi connectivity index (χ1n) is 8.82. The zero-order valence-electron chi connectivity index (χ0n) is 15.4. The van der Waals surface area contributed by atoms with Crippen molar-refractivity contribution < 1.29 is 9.18 Å². The minimum Gasteiger partial charge on any atom is -0.322 e. The van der Waals surface area contributed by atoms with E-state index in [1.807, 2.05) is 19.1 Å². The van der Waals surface area contributed by atoms with Crippen LogP contribution in [0.1, 0.15) is 5.56 Å². The molecular formula is C21H16BrFN4O2. The van der Waals surface area contributed by atoms with Gasteiger partial charge in [-0.15, -0.1) is 0 Å². The van der Waals surface area contributed by atoms with Crippen molar-refractivity contribution >= 4 is 38.6 Å². The second kappa shape index (κ2) is 7.63. The third-order valence-corrected chi connectivity index (χ3v) is 4.97. The number of nitrogens with zero attached hydrogens (tertiary/aromatic N) is 3. The topological polar surface area (TPSA) is 68.9 Å². The lowest BCUT2D eigenvalue weighted by Crippen LogP contribution is -2.27. The van der Waals surface area contributed by atoms with Crippen LogP contribution < -0.4 is 10.9 Å². The summed E-state index contributed by atoms with van der Waals surface area (Å²) >= 11 is 3.18. The van der Waals surface area contributed by atoms with E-state index >= 15 is 0 Å². The van der Waals surface area contributed by atoms with Crippen LogP contribution in [-0.4, -0.2) is 20.3 Å². The van der Waals surface area contributed by atoms with Gasteiger partial charge in [0.05, 0.1) is 16.8 Å². The van der Waals surface area contributed by atoms with E-state index in [4.69, 9.17) is 0 Å². The highest BCUT2D eigenvalue weighted by atomic mass is 79.9. The van der Waals surface area contributed by atoms with Gasteiger partial charge in [-0.05, 0) is 49.4 Å². The molecule has 1 amide bonds. The van der Waals surface area contributed by atoms with Gasteiger partial charge in [-0.25, -0.2) is 14.1 Å². The molecule has 6 nitrogen and oxygen atoms in total. The first-order valence-corrected chi connectivity index (χ1v) is 9.62. The monoisotopic (exact) mass is 454 g/mol. The van der Waals surface area contributed by atoms with Gasteiger partial charge >= 0.3 is 0 Å². The van der Waals surface area contributed by atoms with Crippen molar-refractivity contribution in [3.63, 3.8) is 0 Å². The lowest BCUT2D eigenvalue weighted by molar-refractivity contribution is -0.117. The van der Waals surface area contributed by atoms with Gasteiger partial charge in [-0.2, -0.15) is 0 Å². The Morgan fingerprint density at radius 2 is 1.93 bits per heavy atom. The lowest BCUT2D eigenvalue weighted by Gasteiger charge is -2.13. The molecule has 2 aromatic heterocycles. The molecule has 0 aliphatic rings. The molecule has 0 unspecified atom stereocenters. The highest BCUT2D eigenvalue weighted by molar-refractivity contribution is 9.10. The molecule has 0 aliphatic heterocycles. The zero-order valence-corrected chi connectivity index (χ0v) is 17.0. The lowest BCUT2D eigenvalue weighted by atomic mass is 10.2. The maximum atomic E-state index is 14.1. The number of nitrogens with one attached hydrogen (secondary N) is 1. The molecule has 0 spiro atoms.